The van der Waals surface area contributed by atoms with Gasteiger partial charge >= 0.3 is 0 Å². The first-order chi connectivity index (χ1) is 10.2. The number of thiazole rings is 1. The van der Waals surface area contributed by atoms with Gasteiger partial charge in [-0.3, -0.25) is 4.98 Å². The topological polar surface area (TPSA) is 37.8 Å². The molecule has 0 aliphatic heterocycles. The number of aromatic nitrogens is 2. The van der Waals surface area contributed by atoms with Gasteiger partial charge in [-0.2, -0.15) is 0 Å². The van der Waals surface area contributed by atoms with Crippen molar-refractivity contribution in [3.63, 3.8) is 0 Å². The zero-order valence-corrected chi connectivity index (χ0v) is 15.8. The summed E-state index contributed by atoms with van der Waals surface area (Å²) in [6.07, 6.45) is 6.71. The molecule has 112 valence electrons. The molecule has 1 aliphatic rings. The van der Waals surface area contributed by atoms with Crippen molar-refractivity contribution in [1.29, 1.82) is 0 Å². The summed E-state index contributed by atoms with van der Waals surface area (Å²) in [7, 11) is 0. The maximum Gasteiger partial charge on any atom is 0.116 e. The molecular formula is C15H17Br2N3S. The highest BCUT2D eigenvalue weighted by atomic mass is 79.9. The molecule has 3 nitrogen and oxygen atoms in total. The van der Waals surface area contributed by atoms with Gasteiger partial charge in [-0.05, 0) is 70.2 Å². The van der Waals surface area contributed by atoms with Crippen LogP contribution >= 0.6 is 43.2 Å². The minimum atomic E-state index is 0.0630. The maximum absolute atomic E-state index is 4.89. The molecule has 0 radical (unpaired) electrons. The minimum Gasteiger partial charge on any atom is -0.303 e. The highest BCUT2D eigenvalue weighted by molar-refractivity contribution is 9.11. The zero-order valence-electron chi connectivity index (χ0n) is 11.8. The Morgan fingerprint density at radius 2 is 2.14 bits per heavy atom. The third-order valence-corrected chi connectivity index (χ3v) is 5.92. The highest BCUT2D eigenvalue weighted by Gasteiger charge is 2.24. The molecule has 21 heavy (non-hydrogen) atoms. The molecule has 1 N–H and O–H groups in total. The lowest BCUT2D eigenvalue weighted by molar-refractivity contribution is 0.604. The Morgan fingerprint density at radius 3 is 2.86 bits per heavy atom. The molecule has 6 heteroatoms. The van der Waals surface area contributed by atoms with E-state index < -0.39 is 0 Å². The van der Waals surface area contributed by atoms with Crippen molar-refractivity contribution in [2.45, 2.75) is 38.6 Å². The highest BCUT2D eigenvalue weighted by Crippen LogP contribution is 2.34. The summed E-state index contributed by atoms with van der Waals surface area (Å²) in [5.74, 6) is 0. The molecule has 0 saturated heterocycles. The Hall–Kier alpha value is -0.300. The van der Waals surface area contributed by atoms with Gasteiger partial charge in [0.05, 0.1) is 11.4 Å². The third-order valence-electron chi connectivity index (χ3n) is 3.63. The molecule has 1 atom stereocenters. The van der Waals surface area contributed by atoms with Gasteiger partial charge in [-0.1, -0.05) is 6.92 Å². The summed E-state index contributed by atoms with van der Waals surface area (Å²) in [4.78, 5) is 10.9. The van der Waals surface area contributed by atoms with Crippen molar-refractivity contribution in [3.05, 3.63) is 42.5 Å². The number of fused-ring (bicyclic) bond motifs is 1. The lowest BCUT2D eigenvalue weighted by atomic mass is 10.0. The number of nitrogens with one attached hydrogen (secondary N) is 1. The fourth-order valence-corrected chi connectivity index (χ4v) is 5.09. The Bertz CT molecular complexity index is 618. The molecule has 0 amide bonds. The summed E-state index contributed by atoms with van der Waals surface area (Å²) in [5.41, 5.74) is 2.31. The molecule has 0 saturated carbocycles. The van der Waals surface area contributed by atoms with Crippen LogP contribution in [-0.4, -0.2) is 16.5 Å². The van der Waals surface area contributed by atoms with Crippen LogP contribution in [-0.2, 0) is 12.8 Å². The predicted octanol–water partition coefficient (Wildman–Crippen LogP) is 4.64. The molecule has 0 spiro atoms. The summed E-state index contributed by atoms with van der Waals surface area (Å²) in [5, 5.41) is 4.66. The van der Waals surface area contributed by atoms with Crippen molar-refractivity contribution in [2.24, 2.45) is 0 Å². The van der Waals surface area contributed by atoms with E-state index in [0.29, 0.717) is 0 Å². The molecule has 2 aromatic heterocycles. The first-order valence-corrected chi connectivity index (χ1v) is 9.62. The minimum absolute atomic E-state index is 0.0630. The molecule has 0 fully saturated rings. The van der Waals surface area contributed by atoms with E-state index in [-0.39, 0.29) is 6.04 Å². The third kappa shape index (κ3) is 3.38. The van der Waals surface area contributed by atoms with Crippen molar-refractivity contribution >= 4 is 43.2 Å². The average molecular weight is 431 g/mol. The fraction of sp³-hybridized carbons (Fsp3) is 0.467. The molecule has 0 bridgehead atoms. The van der Waals surface area contributed by atoms with E-state index in [9.17, 15) is 0 Å². The second-order valence-corrected chi connectivity index (χ2v) is 8.03. The van der Waals surface area contributed by atoms with E-state index in [2.05, 4.69) is 49.1 Å². The standard InChI is InChI=1S/C15H17Br2N3S/c1-2-18-14(13-10(17)7-9(16)8-19-13)15-20-11-5-3-4-6-12(11)21-15/h7-8,14,18H,2-6H2,1H3. The quantitative estimate of drug-likeness (QED) is 0.767. The van der Waals surface area contributed by atoms with Crippen LogP contribution in [0.3, 0.4) is 0 Å². The summed E-state index contributed by atoms with van der Waals surface area (Å²) < 4.78 is 1.99. The van der Waals surface area contributed by atoms with Crippen molar-refractivity contribution in [1.82, 2.24) is 15.3 Å². The zero-order chi connectivity index (χ0) is 14.8. The van der Waals surface area contributed by atoms with Gasteiger partial charge in [-0.25, -0.2) is 4.98 Å². The molecule has 0 aromatic carbocycles. The van der Waals surface area contributed by atoms with E-state index in [1.54, 1.807) is 0 Å². The van der Waals surface area contributed by atoms with Gasteiger partial charge in [0.15, 0.2) is 0 Å². The van der Waals surface area contributed by atoms with Gasteiger partial charge in [-0.15, -0.1) is 11.3 Å². The monoisotopic (exact) mass is 429 g/mol. The van der Waals surface area contributed by atoms with Gasteiger partial charge in [0, 0.05) is 20.0 Å². The SMILES string of the molecule is CCNC(c1nc2c(s1)CCCC2)c1ncc(Br)cc1Br. The predicted molar refractivity (Wildman–Crippen MR) is 93.9 cm³/mol. The maximum atomic E-state index is 4.89. The van der Waals surface area contributed by atoms with E-state index >= 15 is 0 Å². The van der Waals surface area contributed by atoms with E-state index in [4.69, 9.17) is 4.98 Å². The number of hydrogen-bond donors (Lipinski definition) is 1. The molecule has 2 aromatic rings. The van der Waals surface area contributed by atoms with Crippen LogP contribution in [0.2, 0.25) is 0 Å². The van der Waals surface area contributed by atoms with Crippen LogP contribution < -0.4 is 5.32 Å². The molecule has 3 rings (SSSR count). The lowest BCUT2D eigenvalue weighted by Gasteiger charge is -2.16. The summed E-state index contributed by atoms with van der Waals surface area (Å²) in [6.45, 7) is 3.01. The number of aryl methyl sites for hydroxylation is 2. The number of nitrogens with zero attached hydrogens (tertiary/aromatic N) is 2. The van der Waals surface area contributed by atoms with Crippen LogP contribution in [0.4, 0.5) is 0 Å². The van der Waals surface area contributed by atoms with E-state index in [0.717, 1.165) is 32.6 Å². The Morgan fingerprint density at radius 1 is 1.33 bits per heavy atom. The van der Waals surface area contributed by atoms with Crippen LogP contribution in [0.25, 0.3) is 0 Å². The number of pyridine rings is 1. The average Bonchev–Trinajstić information content (AvgIpc) is 2.89. The van der Waals surface area contributed by atoms with E-state index in [1.807, 2.05) is 23.6 Å². The van der Waals surface area contributed by atoms with Gasteiger partial charge in [0.25, 0.3) is 0 Å². The molecule has 2 heterocycles. The van der Waals surface area contributed by atoms with Gasteiger partial charge in [0.2, 0.25) is 0 Å². The Balaban J connectivity index is 1.99. The van der Waals surface area contributed by atoms with Crippen LogP contribution in [0.1, 0.15) is 47.1 Å². The second kappa shape index (κ2) is 6.86. The van der Waals surface area contributed by atoms with Gasteiger partial charge < -0.3 is 5.32 Å². The van der Waals surface area contributed by atoms with Crippen LogP contribution in [0, 0.1) is 0 Å². The molecular weight excluding hydrogens is 414 g/mol. The van der Waals surface area contributed by atoms with Crippen LogP contribution in [0.5, 0.6) is 0 Å². The first kappa shape index (κ1) is 15.6. The largest absolute Gasteiger partial charge is 0.303 e. The summed E-state index contributed by atoms with van der Waals surface area (Å²) in [6, 6.07) is 2.10. The molecule has 1 aliphatic carbocycles. The Kier molecular flexibility index (Phi) is 5.09. The number of halogens is 2. The Labute approximate surface area is 145 Å². The normalized spacial score (nSPS) is 15.8. The first-order valence-electron chi connectivity index (χ1n) is 7.22. The number of rotatable bonds is 4. The smallest absolute Gasteiger partial charge is 0.116 e. The van der Waals surface area contributed by atoms with Gasteiger partial charge in [0.1, 0.15) is 11.0 Å². The molecule has 1 unspecified atom stereocenters. The number of hydrogen-bond acceptors (Lipinski definition) is 4. The van der Waals surface area contributed by atoms with Crippen LogP contribution in [0.15, 0.2) is 21.2 Å². The van der Waals surface area contributed by atoms with Crippen molar-refractivity contribution in [2.75, 3.05) is 6.54 Å². The second-order valence-electron chi connectivity index (χ2n) is 5.14. The lowest BCUT2D eigenvalue weighted by Crippen LogP contribution is -2.23. The van der Waals surface area contributed by atoms with Crippen molar-refractivity contribution < 1.29 is 0 Å². The van der Waals surface area contributed by atoms with E-state index in [1.165, 1.54) is 29.8 Å². The van der Waals surface area contributed by atoms with Crippen molar-refractivity contribution in [3.8, 4) is 0 Å². The summed E-state index contributed by atoms with van der Waals surface area (Å²) >= 11 is 8.94. The fourth-order valence-electron chi connectivity index (χ4n) is 2.64.